The van der Waals surface area contributed by atoms with Crippen molar-refractivity contribution in [2.24, 2.45) is 5.41 Å². The Hall–Kier alpha value is -2.18. The van der Waals surface area contributed by atoms with Gasteiger partial charge in [0.05, 0.1) is 11.2 Å². The maximum absolute atomic E-state index is 12.7. The van der Waals surface area contributed by atoms with Gasteiger partial charge in [0.25, 0.3) is 0 Å². The second kappa shape index (κ2) is 7.09. The molecule has 0 aromatic heterocycles. The van der Waals surface area contributed by atoms with Crippen molar-refractivity contribution >= 4 is 15.9 Å². The third kappa shape index (κ3) is 3.64. The number of β-lactam (4-membered cyclic amide) rings is 1. The fourth-order valence-electron chi connectivity index (χ4n) is 4.12. The van der Waals surface area contributed by atoms with E-state index in [2.05, 4.69) is 0 Å². The average molecular weight is 385 g/mol. The summed E-state index contributed by atoms with van der Waals surface area (Å²) in [5.74, 6) is 0.195. The van der Waals surface area contributed by atoms with E-state index >= 15 is 0 Å². The van der Waals surface area contributed by atoms with Crippen molar-refractivity contribution in [1.29, 1.82) is 0 Å². The number of piperidine rings is 1. The van der Waals surface area contributed by atoms with E-state index in [4.69, 9.17) is 0 Å². The van der Waals surface area contributed by atoms with Gasteiger partial charge in [0.15, 0.2) is 0 Å². The Balaban J connectivity index is 1.35. The van der Waals surface area contributed by atoms with Crippen LogP contribution in [0.5, 0.6) is 0 Å². The molecule has 0 saturated carbocycles. The molecule has 0 radical (unpaired) electrons. The Kier molecular flexibility index (Phi) is 4.78. The first kappa shape index (κ1) is 18.2. The van der Waals surface area contributed by atoms with Gasteiger partial charge in [-0.05, 0) is 24.0 Å². The number of hydrogen-bond acceptors (Lipinski definition) is 3. The number of carbonyl (C=O) groups is 1. The van der Waals surface area contributed by atoms with Crippen molar-refractivity contribution in [3.8, 4) is 0 Å². The molecule has 27 heavy (non-hydrogen) atoms. The van der Waals surface area contributed by atoms with E-state index in [9.17, 15) is 13.2 Å². The lowest BCUT2D eigenvalue weighted by atomic mass is 9.71. The number of amides is 1. The van der Waals surface area contributed by atoms with Crippen molar-refractivity contribution in [2.75, 3.05) is 19.6 Å². The lowest BCUT2D eigenvalue weighted by Gasteiger charge is -2.52. The molecule has 5 nitrogen and oxygen atoms in total. The van der Waals surface area contributed by atoms with Crippen LogP contribution in [0.2, 0.25) is 0 Å². The molecule has 142 valence electrons. The number of sulfonamides is 1. The summed E-state index contributed by atoms with van der Waals surface area (Å²) in [6, 6.07) is 19.2. The number of nitrogens with zero attached hydrogens (tertiary/aromatic N) is 2. The Bertz CT molecular complexity index is 905. The lowest BCUT2D eigenvalue weighted by molar-refractivity contribution is -0.165. The highest BCUT2D eigenvalue weighted by atomic mass is 32.2. The predicted octanol–water partition coefficient (Wildman–Crippen LogP) is 2.64. The molecule has 0 bridgehead atoms. The van der Waals surface area contributed by atoms with Crippen molar-refractivity contribution in [2.45, 2.75) is 25.1 Å². The first-order valence-electron chi connectivity index (χ1n) is 9.34. The fourth-order valence-corrected chi connectivity index (χ4v) is 5.66. The molecule has 2 saturated heterocycles. The van der Waals surface area contributed by atoms with Crippen molar-refractivity contribution in [3.05, 3.63) is 71.8 Å². The highest BCUT2D eigenvalue weighted by Crippen LogP contribution is 2.43. The molecule has 0 aliphatic carbocycles. The minimum Gasteiger partial charge on any atom is -0.337 e. The summed E-state index contributed by atoms with van der Waals surface area (Å²) < 4.78 is 26.9. The number of hydrogen-bond donors (Lipinski definition) is 0. The normalized spacial score (nSPS) is 19.9. The van der Waals surface area contributed by atoms with Crippen LogP contribution in [0.3, 0.4) is 0 Å². The van der Waals surface area contributed by atoms with Crippen LogP contribution >= 0.6 is 0 Å². The second-order valence-electron chi connectivity index (χ2n) is 7.57. The molecular formula is C21H24N2O3S. The molecular weight excluding hydrogens is 360 g/mol. The molecule has 6 heteroatoms. The smallest absolute Gasteiger partial charge is 0.231 e. The third-order valence-corrected chi connectivity index (χ3v) is 7.57. The van der Waals surface area contributed by atoms with Crippen LogP contribution in [-0.2, 0) is 27.1 Å². The maximum Gasteiger partial charge on any atom is 0.231 e. The summed E-state index contributed by atoms with van der Waals surface area (Å²) in [6.07, 6.45) is 1.23. The van der Waals surface area contributed by atoms with Crippen molar-refractivity contribution < 1.29 is 13.2 Å². The van der Waals surface area contributed by atoms with Crippen LogP contribution in [0, 0.1) is 5.41 Å². The molecule has 2 aromatic carbocycles. The minimum atomic E-state index is -3.34. The summed E-state index contributed by atoms with van der Waals surface area (Å²) in [4.78, 5) is 14.6. The van der Waals surface area contributed by atoms with Gasteiger partial charge in [-0.1, -0.05) is 60.7 Å². The highest BCUT2D eigenvalue weighted by molar-refractivity contribution is 7.88. The first-order valence-corrected chi connectivity index (χ1v) is 10.9. The van der Waals surface area contributed by atoms with E-state index in [1.807, 2.05) is 65.6 Å². The number of carbonyl (C=O) groups excluding carboxylic acids is 1. The standard InChI is InChI=1S/C21H24N2O3S/c24-20-21(17-22(20)15-18-7-3-1-4-8-18)11-13-23(14-12-21)27(25,26)16-19-9-5-2-6-10-19/h1-10H,11-17H2. The van der Waals surface area contributed by atoms with Gasteiger partial charge >= 0.3 is 0 Å². The molecule has 1 spiro atoms. The molecule has 2 fully saturated rings. The molecule has 1 amide bonds. The topological polar surface area (TPSA) is 57.7 Å². The van der Waals surface area contributed by atoms with Gasteiger partial charge < -0.3 is 4.90 Å². The Labute approximate surface area is 160 Å². The van der Waals surface area contributed by atoms with Gasteiger partial charge in [-0.3, -0.25) is 4.79 Å². The first-order chi connectivity index (χ1) is 13.0. The molecule has 4 rings (SSSR count). The summed E-state index contributed by atoms with van der Waals surface area (Å²) in [6.45, 7) is 2.23. The quantitative estimate of drug-likeness (QED) is 0.745. The SMILES string of the molecule is O=C1N(Cc2ccccc2)CC12CCN(S(=O)(=O)Cc1ccccc1)CC2. The van der Waals surface area contributed by atoms with Crippen LogP contribution in [0.1, 0.15) is 24.0 Å². The molecule has 0 atom stereocenters. The van der Waals surface area contributed by atoms with Gasteiger partial charge in [0, 0.05) is 26.2 Å². The summed E-state index contributed by atoms with van der Waals surface area (Å²) in [5, 5.41) is 0. The Morgan fingerprint density at radius 1 is 0.852 bits per heavy atom. The largest absolute Gasteiger partial charge is 0.337 e. The molecule has 0 N–H and O–H groups in total. The van der Waals surface area contributed by atoms with E-state index in [0.717, 1.165) is 17.7 Å². The van der Waals surface area contributed by atoms with Crippen LogP contribution < -0.4 is 0 Å². The number of benzene rings is 2. The zero-order chi connectivity index (χ0) is 18.9. The molecule has 0 unspecified atom stereocenters. The van der Waals surface area contributed by atoms with Crippen LogP contribution in [0.15, 0.2) is 60.7 Å². The maximum atomic E-state index is 12.7. The summed E-state index contributed by atoms with van der Waals surface area (Å²) in [7, 11) is -3.34. The third-order valence-electron chi connectivity index (χ3n) is 5.72. The predicted molar refractivity (Wildman–Crippen MR) is 104 cm³/mol. The summed E-state index contributed by atoms with van der Waals surface area (Å²) >= 11 is 0. The molecule has 2 aliphatic rings. The van der Waals surface area contributed by atoms with Crippen LogP contribution in [0.25, 0.3) is 0 Å². The lowest BCUT2D eigenvalue weighted by Crippen LogP contribution is -2.64. The minimum absolute atomic E-state index is 0.0227. The van der Waals surface area contributed by atoms with E-state index in [1.54, 1.807) is 4.31 Å². The van der Waals surface area contributed by atoms with Crippen LogP contribution in [0.4, 0.5) is 0 Å². The molecule has 2 heterocycles. The van der Waals surface area contributed by atoms with E-state index in [0.29, 0.717) is 32.5 Å². The van der Waals surface area contributed by atoms with Gasteiger partial charge in [-0.25, -0.2) is 12.7 Å². The summed E-state index contributed by atoms with van der Waals surface area (Å²) in [5.41, 5.74) is 1.57. The number of likely N-dealkylation sites (tertiary alicyclic amines) is 1. The average Bonchev–Trinajstić information content (AvgIpc) is 2.69. The highest BCUT2D eigenvalue weighted by Gasteiger charge is 2.53. The monoisotopic (exact) mass is 384 g/mol. The van der Waals surface area contributed by atoms with Gasteiger partial charge in [-0.15, -0.1) is 0 Å². The van der Waals surface area contributed by atoms with E-state index in [-0.39, 0.29) is 17.1 Å². The van der Waals surface area contributed by atoms with Crippen molar-refractivity contribution in [1.82, 2.24) is 9.21 Å². The zero-order valence-electron chi connectivity index (χ0n) is 15.3. The Morgan fingerprint density at radius 2 is 1.41 bits per heavy atom. The number of rotatable bonds is 5. The van der Waals surface area contributed by atoms with Gasteiger partial charge in [0.1, 0.15) is 0 Å². The van der Waals surface area contributed by atoms with Crippen LogP contribution in [-0.4, -0.2) is 43.2 Å². The van der Waals surface area contributed by atoms with Gasteiger partial charge in [0.2, 0.25) is 15.9 Å². The van der Waals surface area contributed by atoms with Gasteiger partial charge in [-0.2, -0.15) is 0 Å². The van der Waals surface area contributed by atoms with Crippen molar-refractivity contribution in [3.63, 3.8) is 0 Å². The fraction of sp³-hybridized carbons (Fsp3) is 0.381. The molecule has 2 aliphatic heterocycles. The van der Waals surface area contributed by atoms with E-state index < -0.39 is 10.0 Å². The molecule has 2 aromatic rings. The second-order valence-corrected chi connectivity index (χ2v) is 9.54. The Morgan fingerprint density at radius 3 is 1.96 bits per heavy atom. The van der Waals surface area contributed by atoms with E-state index in [1.165, 1.54) is 0 Å². The zero-order valence-corrected chi connectivity index (χ0v) is 16.1.